The molecule has 2 amide bonds. The number of anilines is 1. The molecule has 3 rings (SSSR count). The molecule has 0 fully saturated rings. The van der Waals surface area contributed by atoms with Gasteiger partial charge in [-0.1, -0.05) is 18.2 Å². The first-order chi connectivity index (χ1) is 12.3. The number of aromatic amines is 1. The van der Waals surface area contributed by atoms with Gasteiger partial charge in [0.1, 0.15) is 0 Å². The van der Waals surface area contributed by atoms with E-state index >= 15 is 0 Å². The third kappa shape index (κ3) is 4.48. The molecule has 0 unspecified atom stereocenters. The highest BCUT2D eigenvalue weighted by Crippen LogP contribution is 2.36. The van der Waals surface area contributed by atoms with Crippen molar-refractivity contribution >= 4 is 34.4 Å². The van der Waals surface area contributed by atoms with Gasteiger partial charge in [0, 0.05) is 16.8 Å². The number of aryl methyl sites for hydroxylation is 1. The number of urea groups is 1. The van der Waals surface area contributed by atoms with Crippen LogP contribution in [0.15, 0.2) is 47.5 Å². The molecular formula is C17H15F3N4OS. The number of fused-ring (bicyclic) bond motifs is 1. The zero-order valence-electron chi connectivity index (χ0n) is 13.6. The van der Waals surface area contributed by atoms with Crippen molar-refractivity contribution < 1.29 is 18.0 Å². The topological polar surface area (TPSA) is 69.8 Å². The van der Waals surface area contributed by atoms with Crippen LogP contribution >= 0.6 is 11.8 Å². The fraction of sp³-hybridized carbons (Fsp3) is 0.176. The largest absolute Gasteiger partial charge is 0.446 e. The normalized spacial score (nSPS) is 11.5. The van der Waals surface area contributed by atoms with Crippen LogP contribution in [0.1, 0.15) is 11.1 Å². The first-order valence-electron chi connectivity index (χ1n) is 7.64. The summed E-state index contributed by atoms with van der Waals surface area (Å²) < 4.78 is 36.9. The number of carbonyl (C=O) groups excluding carboxylic acids is 1. The summed E-state index contributed by atoms with van der Waals surface area (Å²) in [6.07, 6.45) is 1.63. The summed E-state index contributed by atoms with van der Waals surface area (Å²) in [5, 5.41) is 13.1. The average Bonchev–Trinajstić information content (AvgIpc) is 3.06. The minimum absolute atomic E-state index is 0.104. The molecule has 0 bridgehead atoms. The maximum atomic E-state index is 12.3. The van der Waals surface area contributed by atoms with Crippen LogP contribution in [0.4, 0.5) is 23.7 Å². The number of H-pyrrole nitrogens is 1. The highest BCUT2D eigenvalue weighted by atomic mass is 32.2. The van der Waals surface area contributed by atoms with Gasteiger partial charge >= 0.3 is 11.5 Å². The Hall–Kier alpha value is -2.68. The van der Waals surface area contributed by atoms with Gasteiger partial charge in [-0.25, -0.2) is 4.79 Å². The van der Waals surface area contributed by atoms with Crippen molar-refractivity contribution in [3.8, 4) is 0 Å². The summed E-state index contributed by atoms with van der Waals surface area (Å²) in [4.78, 5) is 12.2. The number of benzene rings is 2. The molecule has 26 heavy (non-hydrogen) atoms. The van der Waals surface area contributed by atoms with Gasteiger partial charge in [-0.2, -0.15) is 18.3 Å². The van der Waals surface area contributed by atoms with Gasteiger partial charge in [-0.15, -0.1) is 0 Å². The summed E-state index contributed by atoms with van der Waals surface area (Å²) in [5.74, 6) is 0. The zero-order chi connectivity index (χ0) is 18.7. The number of hydrogen-bond donors (Lipinski definition) is 3. The van der Waals surface area contributed by atoms with Crippen molar-refractivity contribution in [1.29, 1.82) is 0 Å². The zero-order valence-corrected chi connectivity index (χ0v) is 14.5. The lowest BCUT2D eigenvalue weighted by atomic mass is 10.1. The van der Waals surface area contributed by atoms with Gasteiger partial charge in [0.2, 0.25) is 0 Å². The van der Waals surface area contributed by atoms with Crippen LogP contribution < -0.4 is 10.6 Å². The summed E-state index contributed by atoms with van der Waals surface area (Å²) >= 11 is -0.170. The van der Waals surface area contributed by atoms with E-state index in [0.29, 0.717) is 11.3 Å². The van der Waals surface area contributed by atoms with Gasteiger partial charge in [0.25, 0.3) is 0 Å². The van der Waals surface area contributed by atoms with Crippen LogP contribution in [0, 0.1) is 6.92 Å². The Morgan fingerprint density at radius 2 is 1.92 bits per heavy atom. The van der Waals surface area contributed by atoms with Crippen LogP contribution in [0.2, 0.25) is 0 Å². The first kappa shape index (κ1) is 18.1. The van der Waals surface area contributed by atoms with Crippen molar-refractivity contribution in [1.82, 2.24) is 15.5 Å². The number of aromatic nitrogens is 2. The molecule has 0 spiro atoms. The molecule has 0 aliphatic carbocycles. The molecule has 0 radical (unpaired) electrons. The summed E-state index contributed by atoms with van der Waals surface area (Å²) in [6, 6.07) is 9.10. The molecule has 3 aromatic rings. The smallest absolute Gasteiger partial charge is 0.334 e. The second-order valence-corrected chi connectivity index (χ2v) is 6.73. The average molecular weight is 380 g/mol. The van der Waals surface area contributed by atoms with Crippen LogP contribution in [-0.2, 0) is 6.54 Å². The van der Waals surface area contributed by atoms with Crippen LogP contribution in [-0.4, -0.2) is 21.7 Å². The molecule has 0 atom stereocenters. The Kier molecular flexibility index (Phi) is 5.08. The van der Waals surface area contributed by atoms with E-state index in [2.05, 4.69) is 20.8 Å². The standard InChI is InChI=1S/C17H15F3N4OS/c1-10-2-7-14(13-9-22-24-15(10)13)23-16(25)21-8-11-3-5-12(6-4-11)26-17(18,19)20/h2-7,9H,8H2,1H3,(H,22,24)(H2,21,23,25). The molecule has 9 heteroatoms. The van der Waals surface area contributed by atoms with Crippen molar-refractivity contribution in [2.75, 3.05) is 5.32 Å². The molecule has 0 saturated heterocycles. The first-order valence-corrected chi connectivity index (χ1v) is 8.46. The molecule has 1 heterocycles. The third-order valence-electron chi connectivity index (χ3n) is 3.68. The van der Waals surface area contributed by atoms with E-state index in [1.54, 1.807) is 24.4 Å². The van der Waals surface area contributed by atoms with E-state index < -0.39 is 11.5 Å². The van der Waals surface area contributed by atoms with E-state index in [1.165, 1.54) is 12.1 Å². The van der Waals surface area contributed by atoms with Crippen molar-refractivity contribution in [2.45, 2.75) is 23.9 Å². The quantitative estimate of drug-likeness (QED) is 0.569. The highest BCUT2D eigenvalue weighted by molar-refractivity contribution is 8.00. The van der Waals surface area contributed by atoms with Gasteiger partial charge < -0.3 is 10.6 Å². The second kappa shape index (κ2) is 7.28. The van der Waals surface area contributed by atoms with Crippen molar-refractivity contribution in [3.63, 3.8) is 0 Å². The fourth-order valence-corrected chi connectivity index (χ4v) is 2.98. The number of thioether (sulfide) groups is 1. The molecular weight excluding hydrogens is 365 g/mol. The number of halogens is 3. The maximum Gasteiger partial charge on any atom is 0.446 e. The van der Waals surface area contributed by atoms with Gasteiger partial charge in [0.05, 0.1) is 17.4 Å². The molecule has 5 nitrogen and oxygen atoms in total. The molecule has 3 N–H and O–H groups in total. The van der Waals surface area contributed by atoms with Crippen molar-refractivity contribution in [3.05, 3.63) is 53.7 Å². The van der Waals surface area contributed by atoms with E-state index in [4.69, 9.17) is 0 Å². The van der Waals surface area contributed by atoms with Gasteiger partial charge in [0.15, 0.2) is 0 Å². The van der Waals surface area contributed by atoms with Crippen LogP contribution in [0.25, 0.3) is 10.9 Å². The lowest BCUT2D eigenvalue weighted by Gasteiger charge is -2.10. The summed E-state index contributed by atoms with van der Waals surface area (Å²) in [5.41, 5.74) is -1.13. The number of nitrogens with one attached hydrogen (secondary N) is 3. The lowest BCUT2D eigenvalue weighted by molar-refractivity contribution is -0.0328. The molecule has 0 aliphatic rings. The second-order valence-electron chi connectivity index (χ2n) is 5.59. The third-order valence-corrected chi connectivity index (χ3v) is 4.42. The number of nitrogens with zero attached hydrogens (tertiary/aromatic N) is 1. The number of hydrogen-bond acceptors (Lipinski definition) is 3. The summed E-state index contributed by atoms with van der Waals surface area (Å²) in [6.45, 7) is 2.13. The molecule has 136 valence electrons. The SMILES string of the molecule is Cc1ccc(NC(=O)NCc2ccc(SC(F)(F)F)cc2)c2cn[nH]c12. The monoisotopic (exact) mass is 380 g/mol. The van der Waals surface area contributed by atoms with E-state index in [9.17, 15) is 18.0 Å². The predicted molar refractivity (Wildman–Crippen MR) is 95.0 cm³/mol. The van der Waals surface area contributed by atoms with E-state index in [1.807, 2.05) is 13.0 Å². The Labute approximate surface area is 151 Å². The molecule has 1 aromatic heterocycles. The van der Waals surface area contributed by atoms with Crippen molar-refractivity contribution in [2.24, 2.45) is 0 Å². The number of carbonyl (C=O) groups is 1. The van der Waals surface area contributed by atoms with Crippen LogP contribution in [0.5, 0.6) is 0 Å². The van der Waals surface area contributed by atoms with E-state index in [0.717, 1.165) is 16.5 Å². The summed E-state index contributed by atoms with van der Waals surface area (Å²) in [7, 11) is 0. The minimum Gasteiger partial charge on any atom is -0.334 e. The maximum absolute atomic E-state index is 12.3. The van der Waals surface area contributed by atoms with Crippen LogP contribution in [0.3, 0.4) is 0 Å². The fourth-order valence-electron chi connectivity index (χ4n) is 2.44. The Morgan fingerprint density at radius 1 is 1.19 bits per heavy atom. The Balaban J connectivity index is 1.58. The Morgan fingerprint density at radius 3 is 2.62 bits per heavy atom. The number of alkyl halides is 3. The predicted octanol–water partition coefficient (Wildman–Crippen LogP) is 4.80. The minimum atomic E-state index is -4.31. The number of amides is 2. The van der Waals surface area contributed by atoms with Gasteiger partial charge in [-0.05, 0) is 48.0 Å². The van der Waals surface area contributed by atoms with Gasteiger partial charge in [-0.3, -0.25) is 5.10 Å². The number of rotatable bonds is 4. The lowest BCUT2D eigenvalue weighted by Crippen LogP contribution is -2.28. The highest BCUT2D eigenvalue weighted by Gasteiger charge is 2.28. The molecule has 0 saturated carbocycles. The molecule has 2 aromatic carbocycles. The van der Waals surface area contributed by atoms with E-state index in [-0.39, 0.29) is 23.2 Å². The molecule has 0 aliphatic heterocycles. The Bertz CT molecular complexity index is 922.